The van der Waals surface area contributed by atoms with Gasteiger partial charge in [0, 0.05) is 47.8 Å². The van der Waals surface area contributed by atoms with Gasteiger partial charge in [-0.2, -0.15) is 0 Å². The Bertz CT molecular complexity index is 1390. The maximum atomic E-state index is 13.4. The summed E-state index contributed by atoms with van der Waals surface area (Å²) in [7, 11) is 1.61. The molecule has 0 unspecified atom stereocenters. The van der Waals surface area contributed by atoms with Crippen LogP contribution in [-0.4, -0.2) is 77.9 Å². The van der Waals surface area contributed by atoms with E-state index in [1.807, 2.05) is 41.3 Å². The zero-order valence-corrected chi connectivity index (χ0v) is 23.7. The highest BCUT2D eigenvalue weighted by Crippen LogP contribution is 2.43. The Balaban J connectivity index is 1.24. The van der Waals surface area contributed by atoms with Crippen molar-refractivity contribution in [1.82, 2.24) is 14.7 Å². The lowest BCUT2D eigenvalue weighted by Crippen LogP contribution is -2.69. The number of anilines is 1. The molecule has 9 heteroatoms. The van der Waals surface area contributed by atoms with Crippen LogP contribution in [0, 0.1) is 6.42 Å². The van der Waals surface area contributed by atoms with Gasteiger partial charge < -0.3 is 15.0 Å². The van der Waals surface area contributed by atoms with Crippen molar-refractivity contribution in [2.24, 2.45) is 0 Å². The maximum absolute atomic E-state index is 13.4. The highest BCUT2D eigenvalue weighted by molar-refractivity contribution is 9.10. The van der Waals surface area contributed by atoms with Crippen LogP contribution in [0.2, 0.25) is 0 Å². The van der Waals surface area contributed by atoms with Crippen LogP contribution in [0.5, 0.6) is 5.75 Å². The number of urea groups is 1. The lowest BCUT2D eigenvalue weighted by Gasteiger charge is -2.58. The third-order valence-electron chi connectivity index (χ3n) is 8.16. The number of methoxy groups -OCH3 is 1. The number of imide groups is 1. The van der Waals surface area contributed by atoms with Crippen molar-refractivity contribution in [1.29, 1.82) is 0 Å². The van der Waals surface area contributed by atoms with Gasteiger partial charge in [0.15, 0.2) is 0 Å². The fraction of sp³-hybridized carbons (Fsp3) is 0.290. The second-order valence-electron chi connectivity index (χ2n) is 10.4. The summed E-state index contributed by atoms with van der Waals surface area (Å²) < 4.78 is 6.21. The van der Waals surface area contributed by atoms with Crippen LogP contribution in [0.4, 0.5) is 10.5 Å². The van der Waals surface area contributed by atoms with E-state index < -0.39 is 0 Å². The minimum atomic E-state index is -0.238. The predicted molar refractivity (Wildman–Crippen MR) is 155 cm³/mol. The first kappa shape index (κ1) is 26.5. The Morgan fingerprint density at radius 2 is 1.65 bits per heavy atom. The molecule has 3 aromatic carbocycles. The van der Waals surface area contributed by atoms with E-state index in [9.17, 15) is 14.4 Å². The predicted octanol–water partition coefficient (Wildman–Crippen LogP) is 5.03. The van der Waals surface area contributed by atoms with Gasteiger partial charge in [0.2, 0.25) is 0 Å². The van der Waals surface area contributed by atoms with Crippen LogP contribution in [0.1, 0.15) is 38.6 Å². The summed E-state index contributed by atoms with van der Waals surface area (Å²) in [4.78, 5) is 45.4. The van der Waals surface area contributed by atoms with Gasteiger partial charge in [0.1, 0.15) is 5.75 Å². The second kappa shape index (κ2) is 11.1. The average molecular weight is 603 g/mol. The number of fused-ring (bicyclic) bond motifs is 2. The van der Waals surface area contributed by atoms with Crippen LogP contribution in [-0.2, 0) is 0 Å². The minimum Gasteiger partial charge on any atom is -0.497 e. The molecule has 1 radical (unpaired) electrons. The summed E-state index contributed by atoms with van der Waals surface area (Å²) in [5.41, 5.74) is 2.76. The minimum absolute atomic E-state index is 0.0480. The average Bonchev–Trinajstić information content (AvgIpc) is 3.20. The Morgan fingerprint density at radius 1 is 0.975 bits per heavy atom. The molecule has 3 atom stereocenters. The standard InChI is InChI=1S/C31H30BrN4O4/c1-40-23-14-12-22(13-15-23)33-31(39)34-16-4-5-17-35-26(18-34)28(20-8-10-21(32)11-9-20)27(35)19-36-29(37)24-6-2-3-7-25(24)30(36)38/h2-4,6-15,26-28H,5,16-19H2,1H3,(H,33,39)/t26-,27+,28+/m0/s1. The molecule has 3 heterocycles. The number of carbonyl (C=O) groups is 3. The maximum Gasteiger partial charge on any atom is 0.321 e. The molecular formula is C31H30BrN4O4. The van der Waals surface area contributed by atoms with Crippen molar-refractivity contribution in [3.63, 3.8) is 0 Å². The molecule has 205 valence electrons. The lowest BCUT2D eigenvalue weighted by atomic mass is 9.73. The summed E-state index contributed by atoms with van der Waals surface area (Å²) in [6.07, 6.45) is 2.92. The summed E-state index contributed by atoms with van der Waals surface area (Å²) in [5, 5.41) is 3.01. The topological polar surface area (TPSA) is 82.2 Å². The molecular weight excluding hydrogens is 572 g/mol. The van der Waals surface area contributed by atoms with Crippen molar-refractivity contribution < 1.29 is 19.1 Å². The van der Waals surface area contributed by atoms with E-state index in [4.69, 9.17) is 4.74 Å². The number of halogens is 1. The number of hydrogen-bond acceptors (Lipinski definition) is 5. The van der Waals surface area contributed by atoms with Crippen LogP contribution in [0.3, 0.4) is 0 Å². The Hall–Kier alpha value is -3.69. The third kappa shape index (κ3) is 4.88. The molecule has 3 aliphatic heterocycles. The zero-order chi connectivity index (χ0) is 27.8. The number of nitrogens with one attached hydrogen (secondary N) is 1. The molecule has 2 saturated heterocycles. The van der Waals surface area contributed by atoms with Gasteiger partial charge in [0.05, 0.1) is 18.2 Å². The summed E-state index contributed by atoms with van der Waals surface area (Å²) in [6, 6.07) is 22.3. The summed E-state index contributed by atoms with van der Waals surface area (Å²) in [6.45, 7) is 2.18. The van der Waals surface area contributed by atoms with E-state index in [0.29, 0.717) is 36.4 Å². The van der Waals surface area contributed by atoms with Gasteiger partial charge in [-0.1, -0.05) is 40.2 Å². The third-order valence-corrected chi connectivity index (χ3v) is 8.69. The van der Waals surface area contributed by atoms with Crippen molar-refractivity contribution in [2.75, 3.05) is 38.6 Å². The largest absolute Gasteiger partial charge is 0.497 e. The number of rotatable bonds is 5. The Kier molecular flexibility index (Phi) is 7.33. The molecule has 40 heavy (non-hydrogen) atoms. The molecule has 0 saturated carbocycles. The van der Waals surface area contributed by atoms with Crippen LogP contribution in [0.15, 0.2) is 77.3 Å². The lowest BCUT2D eigenvalue weighted by molar-refractivity contribution is -0.0396. The quantitative estimate of drug-likeness (QED) is 0.415. The van der Waals surface area contributed by atoms with Gasteiger partial charge in [-0.3, -0.25) is 19.4 Å². The molecule has 0 aliphatic carbocycles. The first-order chi connectivity index (χ1) is 19.4. The molecule has 8 nitrogen and oxygen atoms in total. The molecule has 3 aliphatic rings. The molecule has 1 N–H and O–H groups in total. The van der Waals surface area contributed by atoms with E-state index in [0.717, 1.165) is 28.8 Å². The summed E-state index contributed by atoms with van der Waals surface area (Å²) in [5.74, 6) is 0.298. The summed E-state index contributed by atoms with van der Waals surface area (Å²) >= 11 is 3.53. The monoisotopic (exact) mass is 601 g/mol. The highest BCUT2D eigenvalue weighted by atomic mass is 79.9. The molecule has 0 spiro atoms. The van der Waals surface area contributed by atoms with Crippen molar-refractivity contribution >= 4 is 39.5 Å². The van der Waals surface area contributed by atoms with E-state index in [1.54, 1.807) is 31.4 Å². The fourth-order valence-corrected chi connectivity index (χ4v) is 6.40. The molecule has 3 aromatic rings. The fourth-order valence-electron chi connectivity index (χ4n) is 6.13. The van der Waals surface area contributed by atoms with Crippen LogP contribution in [0.25, 0.3) is 0 Å². The van der Waals surface area contributed by atoms with Gasteiger partial charge in [-0.15, -0.1) is 0 Å². The first-order valence-electron chi connectivity index (χ1n) is 13.4. The van der Waals surface area contributed by atoms with E-state index in [1.165, 1.54) is 4.90 Å². The highest BCUT2D eigenvalue weighted by Gasteiger charge is 2.52. The molecule has 6 rings (SSSR count). The number of ether oxygens (including phenoxy) is 1. The molecule has 0 bridgehead atoms. The number of amides is 4. The van der Waals surface area contributed by atoms with Gasteiger partial charge in [-0.25, -0.2) is 4.79 Å². The van der Waals surface area contributed by atoms with E-state index in [-0.39, 0.29) is 35.8 Å². The van der Waals surface area contributed by atoms with Gasteiger partial charge >= 0.3 is 6.03 Å². The van der Waals surface area contributed by atoms with E-state index >= 15 is 0 Å². The SMILES string of the molecule is COc1ccc(NC(=O)N2C[CH]CCN3[C@H](CN4C(=O)c5ccccc5C4=O)[C@H](c4ccc(Br)cc4)[C@@H]3C2)cc1. The smallest absolute Gasteiger partial charge is 0.321 e. The van der Waals surface area contributed by atoms with Crippen LogP contribution < -0.4 is 10.1 Å². The molecule has 4 amide bonds. The van der Waals surface area contributed by atoms with Crippen molar-refractivity contribution in [2.45, 2.75) is 24.4 Å². The molecule has 0 aromatic heterocycles. The Morgan fingerprint density at radius 3 is 2.30 bits per heavy atom. The van der Waals surface area contributed by atoms with Gasteiger partial charge in [-0.05, 0) is 73.5 Å². The van der Waals surface area contributed by atoms with Gasteiger partial charge in [0.25, 0.3) is 11.8 Å². The van der Waals surface area contributed by atoms with Crippen LogP contribution >= 0.6 is 15.9 Å². The number of benzene rings is 3. The van der Waals surface area contributed by atoms with Crippen molar-refractivity contribution in [3.05, 3.63) is 100 Å². The second-order valence-corrected chi connectivity index (χ2v) is 11.3. The Labute approximate surface area is 242 Å². The number of carbonyl (C=O) groups excluding carboxylic acids is 3. The van der Waals surface area contributed by atoms with Crippen molar-refractivity contribution in [3.8, 4) is 5.75 Å². The first-order valence-corrected chi connectivity index (χ1v) is 14.2. The normalized spacial score (nSPS) is 22.6. The van der Waals surface area contributed by atoms with E-state index in [2.05, 4.69) is 44.7 Å². The zero-order valence-electron chi connectivity index (χ0n) is 22.1. The number of nitrogens with zero attached hydrogens (tertiary/aromatic N) is 3. The molecule has 2 fully saturated rings. The number of hydrogen-bond donors (Lipinski definition) is 1.